The molecule has 0 N–H and O–H groups in total. The second-order valence-electron chi connectivity index (χ2n) is 6.76. The summed E-state index contributed by atoms with van der Waals surface area (Å²) in [5, 5.41) is 4.30. The van der Waals surface area contributed by atoms with E-state index in [2.05, 4.69) is 54.0 Å². The number of rotatable bonds is 6. The van der Waals surface area contributed by atoms with E-state index in [0.717, 1.165) is 45.1 Å². The first-order chi connectivity index (χ1) is 11.6. The van der Waals surface area contributed by atoms with Crippen molar-refractivity contribution in [1.82, 2.24) is 19.6 Å². The Kier molecular flexibility index (Phi) is 5.66. The molecule has 0 unspecified atom stereocenters. The second-order valence-corrected chi connectivity index (χ2v) is 6.76. The molecule has 0 amide bonds. The summed E-state index contributed by atoms with van der Waals surface area (Å²) in [7, 11) is 2.21. The van der Waals surface area contributed by atoms with Gasteiger partial charge < -0.3 is 9.64 Å². The molecule has 130 valence electrons. The van der Waals surface area contributed by atoms with E-state index in [-0.39, 0.29) is 0 Å². The molecule has 1 aromatic carbocycles. The third kappa shape index (κ3) is 4.23. The molecule has 5 nitrogen and oxygen atoms in total. The molecule has 0 saturated carbocycles. The molecule has 1 fully saturated rings. The average molecular weight is 328 g/mol. The number of nitrogens with zero attached hydrogens (tertiary/aromatic N) is 4. The van der Waals surface area contributed by atoms with Crippen LogP contribution in [0.4, 0.5) is 0 Å². The lowest BCUT2D eigenvalue weighted by molar-refractivity contribution is 0.0137. The zero-order chi connectivity index (χ0) is 16.9. The van der Waals surface area contributed by atoms with Gasteiger partial charge in [-0.1, -0.05) is 6.07 Å². The highest BCUT2D eigenvalue weighted by Crippen LogP contribution is 2.16. The number of likely N-dealkylation sites (N-methyl/N-ethyl adjacent to an activating group) is 1. The maximum atomic E-state index is 5.45. The van der Waals surface area contributed by atoms with Crippen molar-refractivity contribution in [3.8, 4) is 5.69 Å². The van der Waals surface area contributed by atoms with Gasteiger partial charge in [-0.2, -0.15) is 5.10 Å². The molecule has 1 saturated heterocycles. The van der Waals surface area contributed by atoms with Gasteiger partial charge in [-0.3, -0.25) is 4.90 Å². The zero-order valence-electron chi connectivity index (χ0n) is 15.0. The minimum absolute atomic E-state index is 0.558. The number of ether oxygens (including phenoxy) is 1. The van der Waals surface area contributed by atoms with Crippen molar-refractivity contribution in [2.75, 3.05) is 39.9 Å². The van der Waals surface area contributed by atoms with E-state index < -0.39 is 0 Å². The summed E-state index contributed by atoms with van der Waals surface area (Å²) in [5.41, 5.74) is 3.81. The molecule has 24 heavy (non-hydrogen) atoms. The summed E-state index contributed by atoms with van der Waals surface area (Å²) >= 11 is 0. The lowest BCUT2D eigenvalue weighted by atomic mass is 10.1. The molecule has 2 aromatic rings. The minimum Gasteiger partial charge on any atom is -0.379 e. The van der Waals surface area contributed by atoms with Gasteiger partial charge in [0.1, 0.15) is 0 Å². The van der Waals surface area contributed by atoms with Crippen molar-refractivity contribution in [3.63, 3.8) is 0 Å². The third-order valence-corrected chi connectivity index (χ3v) is 4.78. The lowest BCUT2D eigenvalue weighted by Gasteiger charge is -2.34. The number of hydrogen-bond acceptors (Lipinski definition) is 4. The highest BCUT2D eigenvalue weighted by Gasteiger charge is 2.18. The van der Waals surface area contributed by atoms with Crippen LogP contribution in [0.25, 0.3) is 5.69 Å². The average Bonchev–Trinajstić information content (AvgIpc) is 3.12. The summed E-state index contributed by atoms with van der Waals surface area (Å²) < 4.78 is 7.35. The number of aryl methyl sites for hydroxylation is 1. The van der Waals surface area contributed by atoms with Gasteiger partial charge in [0.05, 0.1) is 18.9 Å². The Balaban J connectivity index is 1.58. The summed E-state index contributed by atoms with van der Waals surface area (Å²) in [6.07, 6.45) is 3.79. The van der Waals surface area contributed by atoms with Crippen molar-refractivity contribution in [2.24, 2.45) is 0 Å². The number of hydrogen-bond donors (Lipinski definition) is 0. The van der Waals surface area contributed by atoms with Crippen LogP contribution < -0.4 is 0 Å². The van der Waals surface area contributed by atoms with Gasteiger partial charge >= 0.3 is 0 Å². The molecule has 1 aliphatic rings. The molecule has 1 aliphatic heterocycles. The summed E-state index contributed by atoms with van der Waals surface area (Å²) in [5.74, 6) is 0. The van der Waals surface area contributed by atoms with E-state index in [1.54, 1.807) is 0 Å². The van der Waals surface area contributed by atoms with Crippen LogP contribution in [0.15, 0.2) is 36.7 Å². The van der Waals surface area contributed by atoms with Gasteiger partial charge in [0.15, 0.2) is 0 Å². The Morgan fingerprint density at radius 3 is 2.75 bits per heavy atom. The van der Waals surface area contributed by atoms with E-state index in [1.165, 1.54) is 11.1 Å². The molecule has 0 bridgehead atoms. The molecule has 0 radical (unpaired) electrons. The van der Waals surface area contributed by atoms with Crippen molar-refractivity contribution in [3.05, 3.63) is 47.8 Å². The zero-order valence-corrected chi connectivity index (χ0v) is 15.0. The van der Waals surface area contributed by atoms with Crippen LogP contribution in [0.1, 0.15) is 18.1 Å². The Morgan fingerprint density at radius 1 is 1.29 bits per heavy atom. The topological polar surface area (TPSA) is 33.5 Å². The van der Waals surface area contributed by atoms with Crippen molar-refractivity contribution >= 4 is 0 Å². The molecular weight excluding hydrogens is 300 g/mol. The van der Waals surface area contributed by atoms with E-state index >= 15 is 0 Å². The van der Waals surface area contributed by atoms with Gasteiger partial charge in [0.25, 0.3) is 0 Å². The standard InChI is InChI=1S/C19H28N4O/c1-16-13-19(23-8-4-7-20-23)6-5-18(16)15-21(3)14-17(2)22-9-11-24-12-10-22/h4-8,13,17H,9-12,14-15H2,1-3H3/t17-/m1/s1. The Labute approximate surface area is 144 Å². The van der Waals surface area contributed by atoms with Gasteiger partial charge in [-0.05, 0) is 50.2 Å². The molecule has 5 heteroatoms. The quantitative estimate of drug-likeness (QED) is 0.815. The minimum atomic E-state index is 0.558. The normalized spacial score (nSPS) is 17.3. The Hall–Kier alpha value is -1.69. The van der Waals surface area contributed by atoms with Crippen LogP contribution in [0.2, 0.25) is 0 Å². The summed E-state index contributed by atoms with van der Waals surface area (Å²) in [6, 6.07) is 9.09. The number of aromatic nitrogens is 2. The molecule has 0 aliphatic carbocycles. The number of benzene rings is 1. The lowest BCUT2D eigenvalue weighted by Crippen LogP contribution is -2.46. The van der Waals surface area contributed by atoms with E-state index in [4.69, 9.17) is 4.74 Å². The molecule has 3 rings (SSSR count). The van der Waals surface area contributed by atoms with Gasteiger partial charge in [0.2, 0.25) is 0 Å². The van der Waals surface area contributed by atoms with E-state index in [1.807, 2.05) is 23.1 Å². The van der Waals surface area contributed by atoms with Crippen LogP contribution in [-0.2, 0) is 11.3 Å². The first-order valence-electron chi connectivity index (χ1n) is 8.73. The van der Waals surface area contributed by atoms with Crippen LogP contribution in [-0.4, -0.2) is 65.5 Å². The molecule has 2 heterocycles. The van der Waals surface area contributed by atoms with Gasteiger partial charge in [0, 0.05) is 44.6 Å². The highest BCUT2D eigenvalue weighted by molar-refractivity contribution is 5.39. The van der Waals surface area contributed by atoms with Crippen molar-refractivity contribution in [2.45, 2.75) is 26.4 Å². The predicted molar refractivity (Wildman–Crippen MR) is 96.5 cm³/mol. The third-order valence-electron chi connectivity index (χ3n) is 4.78. The van der Waals surface area contributed by atoms with Crippen LogP contribution in [0.3, 0.4) is 0 Å². The van der Waals surface area contributed by atoms with Gasteiger partial charge in [-0.15, -0.1) is 0 Å². The second kappa shape index (κ2) is 7.92. The summed E-state index contributed by atoms with van der Waals surface area (Å²) in [6.45, 7) is 10.4. The van der Waals surface area contributed by atoms with E-state index in [9.17, 15) is 0 Å². The van der Waals surface area contributed by atoms with Crippen molar-refractivity contribution < 1.29 is 4.74 Å². The van der Waals surface area contributed by atoms with Gasteiger partial charge in [-0.25, -0.2) is 4.68 Å². The smallest absolute Gasteiger partial charge is 0.0648 e. The van der Waals surface area contributed by atoms with Crippen molar-refractivity contribution in [1.29, 1.82) is 0 Å². The first-order valence-corrected chi connectivity index (χ1v) is 8.73. The molecule has 0 spiro atoms. The molecule has 1 aromatic heterocycles. The van der Waals surface area contributed by atoms with Crippen LogP contribution in [0, 0.1) is 6.92 Å². The van der Waals surface area contributed by atoms with Crippen LogP contribution >= 0.6 is 0 Å². The highest BCUT2D eigenvalue weighted by atomic mass is 16.5. The first kappa shape index (κ1) is 17.1. The fraction of sp³-hybridized carbons (Fsp3) is 0.526. The Bertz CT molecular complexity index is 635. The SMILES string of the molecule is Cc1cc(-n2cccn2)ccc1CN(C)C[C@@H](C)N1CCOCC1. The fourth-order valence-corrected chi connectivity index (χ4v) is 3.36. The maximum absolute atomic E-state index is 5.45. The molecular formula is C19H28N4O. The fourth-order valence-electron chi connectivity index (χ4n) is 3.36. The maximum Gasteiger partial charge on any atom is 0.0648 e. The molecule has 1 atom stereocenters. The largest absolute Gasteiger partial charge is 0.379 e. The summed E-state index contributed by atoms with van der Waals surface area (Å²) in [4.78, 5) is 4.93. The Morgan fingerprint density at radius 2 is 2.08 bits per heavy atom. The van der Waals surface area contributed by atoms with E-state index in [0.29, 0.717) is 6.04 Å². The number of morpholine rings is 1. The van der Waals surface area contributed by atoms with Crippen LogP contribution in [0.5, 0.6) is 0 Å². The monoisotopic (exact) mass is 328 g/mol. The predicted octanol–water partition coefficient (Wildman–Crippen LogP) is 2.33.